The number of carbonyl (C=O) groups excluding carboxylic acids is 1. The summed E-state index contributed by atoms with van der Waals surface area (Å²) in [4.78, 5) is 16.6. The summed E-state index contributed by atoms with van der Waals surface area (Å²) in [6.07, 6.45) is 0.812. The number of nitrogens with one attached hydrogen (secondary N) is 2. The zero-order chi connectivity index (χ0) is 20.9. The Hall–Kier alpha value is -1.65. The van der Waals surface area contributed by atoms with Crippen LogP contribution in [0.25, 0.3) is 0 Å². The summed E-state index contributed by atoms with van der Waals surface area (Å²) < 4.78 is 5.26. The van der Waals surface area contributed by atoms with Gasteiger partial charge in [-0.3, -0.25) is 9.79 Å². The first-order valence-electron chi connectivity index (χ1n) is 9.47. The van der Waals surface area contributed by atoms with Gasteiger partial charge in [0.25, 0.3) is 5.91 Å². The van der Waals surface area contributed by atoms with Crippen LogP contribution in [-0.2, 0) is 11.2 Å². The third-order valence-corrected chi connectivity index (χ3v) is 5.06. The minimum absolute atomic E-state index is 0. The predicted octanol–water partition coefficient (Wildman–Crippen LogP) is 3.71. The first-order chi connectivity index (χ1) is 14.1. The van der Waals surface area contributed by atoms with Crippen LogP contribution in [-0.4, -0.2) is 43.9 Å². The van der Waals surface area contributed by atoms with Gasteiger partial charge in [0.1, 0.15) is 5.75 Å². The number of carbonyl (C=O) groups is 1. The van der Waals surface area contributed by atoms with Gasteiger partial charge in [-0.2, -0.15) is 0 Å². The maximum Gasteiger partial charge on any atom is 0.255 e. The number of primary amides is 1. The quantitative estimate of drug-likeness (QED) is 0.128. The van der Waals surface area contributed by atoms with E-state index >= 15 is 0 Å². The molecule has 0 heterocycles. The van der Waals surface area contributed by atoms with Crippen LogP contribution in [0.1, 0.15) is 12.5 Å². The van der Waals surface area contributed by atoms with Crippen LogP contribution < -0.4 is 21.1 Å². The Morgan fingerprint density at radius 2 is 1.83 bits per heavy atom. The summed E-state index contributed by atoms with van der Waals surface area (Å²) >= 11 is 7.68. The Morgan fingerprint density at radius 1 is 1.13 bits per heavy atom. The molecule has 9 heteroatoms. The monoisotopic (exact) mass is 562 g/mol. The Morgan fingerprint density at radius 3 is 2.47 bits per heavy atom. The van der Waals surface area contributed by atoms with Crippen LogP contribution in [0.3, 0.4) is 0 Å². The number of nitrogens with zero attached hydrogens (tertiary/aromatic N) is 1. The van der Waals surface area contributed by atoms with E-state index in [1.165, 1.54) is 4.90 Å². The van der Waals surface area contributed by atoms with Gasteiger partial charge in [-0.15, -0.1) is 35.7 Å². The summed E-state index contributed by atoms with van der Waals surface area (Å²) in [6, 6.07) is 15.5. The minimum atomic E-state index is -0.488. The van der Waals surface area contributed by atoms with Crippen LogP contribution in [0.5, 0.6) is 5.75 Å². The van der Waals surface area contributed by atoms with E-state index in [2.05, 4.69) is 15.6 Å². The van der Waals surface area contributed by atoms with Gasteiger partial charge in [0.2, 0.25) is 0 Å². The molecule has 0 bridgehead atoms. The van der Waals surface area contributed by atoms with Crippen LogP contribution in [0.15, 0.2) is 58.4 Å². The maximum atomic E-state index is 10.7. The standard InChI is InChI=1S/C21H27ClN4O2S.HI/c1-2-24-21(26-13-14-29-19-9-5-17(22)6-10-19)25-12-11-16-3-7-18(8-4-16)28-15-20(23)27;/h3-10H,2,11-15H2,1H3,(H2,23,27)(H2,24,25,26);1H. The highest BCUT2D eigenvalue weighted by Gasteiger charge is 2.01. The topological polar surface area (TPSA) is 88.7 Å². The largest absolute Gasteiger partial charge is 0.484 e. The smallest absolute Gasteiger partial charge is 0.255 e. The number of hydrogen-bond acceptors (Lipinski definition) is 4. The summed E-state index contributed by atoms with van der Waals surface area (Å²) in [5.41, 5.74) is 6.22. The van der Waals surface area contributed by atoms with E-state index < -0.39 is 5.91 Å². The average Bonchev–Trinajstić information content (AvgIpc) is 2.72. The molecule has 0 saturated carbocycles. The summed E-state index contributed by atoms with van der Waals surface area (Å²) in [7, 11) is 0. The molecule has 30 heavy (non-hydrogen) atoms. The average molecular weight is 563 g/mol. The van der Waals surface area contributed by atoms with Gasteiger partial charge < -0.3 is 21.1 Å². The van der Waals surface area contributed by atoms with Crippen molar-refractivity contribution in [1.29, 1.82) is 0 Å². The molecule has 4 N–H and O–H groups in total. The Bertz CT molecular complexity index is 789. The van der Waals surface area contributed by atoms with Crippen molar-refractivity contribution < 1.29 is 9.53 Å². The molecule has 0 saturated heterocycles. The highest BCUT2D eigenvalue weighted by molar-refractivity contribution is 14.0. The van der Waals surface area contributed by atoms with Crippen molar-refractivity contribution in [3.8, 4) is 5.75 Å². The molecule has 0 spiro atoms. The third-order valence-electron chi connectivity index (χ3n) is 3.80. The van der Waals surface area contributed by atoms with Gasteiger partial charge in [-0.1, -0.05) is 23.7 Å². The summed E-state index contributed by atoms with van der Waals surface area (Å²) in [5.74, 6) is 1.88. The molecular weight excluding hydrogens is 535 g/mol. The van der Waals surface area contributed by atoms with Gasteiger partial charge in [-0.25, -0.2) is 0 Å². The molecule has 2 aromatic rings. The van der Waals surface area contributed by atoms with Crippen molar-refractivity contribution in [3.63, 3.8) is 0 Å². The fourth-order valence-corrected chi connectivity index (χ4v) is 3.31. The molecule has 0 fully saturated rings. The molecule has 0 aliphatic carbocycles. The van der Waals surface area contributed by atoms with Crippen LogP contribution in [0.2, 0.25) is 5.02 Å². The van der Waals surface area contributed by atoms with Crippen molar-refractivity contribution in [2.24, 2.45) is 10.7 Å². The highest BCUT2D eigenvalue weighted by atomic mass is 127. The lowest BCUT2D eigenvalue weighted by Crippen LogP contribution is -2.38. The normalized spacial score (nSPS) is 10.8. The molecule has 2 aromatic carbocycles. The van der Waals surface area contributed by atoms with Gasteiger partial charge in [0.05, 0.1) is 0 Å². The first kappa shape index (κ1) is 26.4. The van der Waals surface area contributed by atoms with E-state index in [0.717, 1.165) is 41.8 Å². The van der Waals surface area contributed by atoms with E-state index in [-0.39, 0.29) is 30.6 Å². The van der Waals surface area contributed by atoms with Gasteiger partial charge in [0, 0.05) is 35.3 Å². The van der Waals surface area contributed by atoms with E-state index in [1.54, 1.807) is 11.8 Å². The molecule has 0 aromatic heterocycles. The molecule has 0 aliphatic rings. The summed E-state index contributed by atoms with van der Waals surface area (Å²) in [5, 5.41) is 7.36. The van der Waals surface area contributed by atoms with Crippen LogP contribution in [0.4, 0.5) is 0 Å². The van der Waals surface area contributed by atoms with Crippen molar-refractivity contribution in [3.05, 3.63) is 59.1 Å². The zero-order valence-corrected chi connectivity index (χ0v) is 20.8. The van der Waals surface area contributed by atoms with Crippen LogP contribution in [0, 0.1) is 0 Å². The van der Waals surface area contributed by atoms with Gasteiger partial charge in [-0.05, 0) is 55.3 Å². The molecule has 0 radical (unpaired) electrons. The molecule has 1 amide bonds. The lowest BCUT2D eigenvalue weighted by molar-refractivity contribution is -0.119. The number of benzene rings is 2. The minimum Gasteiger partial charge on any atom is -0.484 e. The number of guanidine groups is 1. The second-order valence-corrected chi connectivity index (χ2v) is 7.74. The molecule has 6 nitrogen and oxygen atoms in total. The zero-order valence-electron chi connectivity index (χ0n) is 16.9. The van der Waals surface area contributed by atoms with Crippen LogP contribution >= 0.6 is 47.3 Å². The fourth-order valence-electron chi connectivity index (χ4n) is 2.41. The fraction of sp³-hybridized carbons (Fsp3) is 0.333. The number of aliphatic imine (C=N–C) groups is 1. The second-order valence-electron chi connectivity index (χ2n) is 6.14. The molecule has 2 rings (SSSR count). The number of ether oxygens (including phenoxy) is 1. The highest BCUT2D eigenvalue weighted by Crippen LogP contribution is 2.19. The molecule has 0 atom stereocenters. The number of rotatable bonds is 11. The third kappa shape index (κ3) is 10.9. The lowest BCUT2D eigenvalue weighted by Gasteiger charge is -2.11. The van der Waals surface area contributed by atoms with E-state index in [4.69, 9.17) is 22.1 Å². The van der Waals surface area contributed by atoms with Crippen molar-refractivity contribution in [2.45, 2.75) is 18.2 Å². The number of nitrogens with two attached hydrogens (primary N) is 1. The SMILES string of the molecule is CCNC(=NCCc1ccc(OCC(N)=O)cc1)NCCSc1ccc(Cl)cc1.I. The van der Waals surface area contributed by atoms with Crippen molar-refractivity contribution in [1.82, 2.24) is 10.6 Å². The van der Waals surface area contributed by atoms with E-state index in [1.807, 2.05) is 55.5 Å². The Labute approximate surface area is 204 Å². The Balaban J connectivity index is 0.00000450. The number of amides is 1. The van der Waals surface area contributed by atoms with Gasteiger partial charge >= 0.3 is 0 Å². The van der Waals surface area contributed by atoms with Gasteiger partial charge in [0.15, 0.2) is 12.6 Å². The lowest BCUT2D eigenvalue weighted by atomic mass is 10.1. The molecule has 164 valence electrons. The molecule has 0 unspecified atom stereocenters. The van der Waals surface area contributed by atoms with Crippen molar-refractivity contribution in [2.75, 3.05) is 32.0 Å². The Kier molecular flexibility index (Phi) is 13.4. The number of halogens is 2. The first-order valence-corrected chi connectivity index (χ1v) is 10.8. The number of hydrogen-bond donors (Lipinski definition) is 3. The predicted molar refractivity (Wildman–Crippen MR) is 136 cm³/mol. The van der Waals surface area contributed by atoms with E-state index in [0.29, 0.717) is 12.3 Å². The van der Waals surface area contributed by atoms with E-state index in [9.17, 15) is 4.79 Å². The summed E-state index contributed by atoms with van der Waals surface area (Å²) in [6.45, 7) is 4.22. The molecule has 0 aliphatic heterocycles. The van der Waals surface area contributed by atoms with Crippen molar-refractivity contribution >= 4 is 59.2 Å². The molecular formula is C21H28ClIN4O2S. The maximum absolute atomic E-state index is 10.7. The second kappa shape index (κ2) is 15.2. The number of thioether (sulfide) groups is 1.